The van der Waals surface area contributed by atoms with E-state index in [-0.39, 0.29) is 17.4 Å². The van der Waals surface area contributed by atoms with Crippen LogP contribution in [0.2, 0.25) is 0 Å². The van der Waals surface area contributed by atoms with Crippen LogP contribution in [0.5, 0.6) is 0 Å². The number of hydrogen-bond donors (Lipinski definition) is 1. The first-order chi connectivity index (χ1) is 12.2. The highest BCUT2D eigenvalue weighted by atomic mass is 16.6. The Hall–Kier alpha value is -1.84. The molecule has 1 aromatic carbocycles. The van der Waals surface area contributed by atoms with Gasteiger partial charge in [-0.1, -0.05) is 0 Å². The molecule has 0 aliphatic heterocycles. The fourth-order valence-electron chi connectivity index (χ4n) is 5.67. The molecule has 4 aliphatic carbocycles. The predicted octanol–water partition coefficient (Wildman–Crippen LogP) is 4.34. The van der Waals surface area contributed by atoms with Crippen molar-refractivity contribution in [3.8, 4) is 0 Å². The van der Waals surface area contributed by atoms with Gasteiger partial charge >= 0.3 is 5.97 Å². The third-order valence-corrected chi connectivity index (χ3v) is 6.20. The van der Waals surface area contributed by atoms with Crippen molar-refractivity contribution in [1.29, 1.82) is 0 Å². The smallest absolute Gasteiger partial charge is 0.338 e. The molecule has 4 saturated carbocycles. The molecule has 26 heavy (non-hydrogen) atoms. The third kappa shape index (κ3) is 3.51. The van der Waals surface area contributed by atoms with Crippen LogP contribution in [-0.4, -0.2) is 23.0 Å². The van der Waals surface area contributed by atoms with Gasteiger partial charge in [-0.15, -0.1) is 0 Å². The van der Waals surface area contributed by atoms with E-state index in [1.54, 1.807) is 24.3 Å². The van der Waals surface area contributed by atoms with Crippen molar-refractivity contribution in [1.82, 2.24) is 5.32 Å². The van der Waals surface area contributed by atoms with Gasteiger partial charge in [0, 0.05) is 11.1 Å². The van der Waals surface area contributed by atoms with Gasteiger partial charge in [0.25, 0.3) is 5.91 Å². The Morgan fingerprint density at radius 3 is 1.85 bits per heavy atom. The lowest BCUT2D eigenvalue weighted by molar-refractivity contribution is -0.0167. The maximum atomic E-state index is 12.8. The first-order valence-corrected chi connectivity index (χ1v) is 9.87. The quantitative estimate of drug-likeness (QED) is 0.821. The van der Waals surface area contributed by atoms with Gasteiger partial charge in [-0.05, 0) is 101 Å². The van der Waals surface area contributed by atoms with Crippen molar-refractivity contribution in [3.63, 3.8) is 0 Å². The Balaban J connectivity index is 1.43. The van der Waals surface area contributed by atoms with Crippen molar-refractivity contribution < 1.29 is 14.3 Å². The van der Waals surface area contributed by atoms with Crippen molar-refractivity contribution in [2.75, 3.05) is 0 Å². The predicted molar refractivity (Wildman–Crippen MR) is 100.0 cm³/mol. The van der Waals surface area contributed by atoms with Gasteiger partial charge in [0.2, 0.25) is 0 Å². The monoisotopic (exact) mass is 355 g/mol. The number of ether oxygens (including phenoxy) is 1. The highest BCUT2D eigenvalue weighted by Gasteiger charge is 2.51. The normalized spacial score (nSPS) is 32.3. The number of benzene rings is 1. The summed E-state index contributed by atoms with van der Waals surface area (Å²) in [5.41, 5.74) is 0.584. The van der Waals surface area contributed by atoms with E-state index in [2.05, 4.69) is 5.32 Å². The molecule has 0 heterocycles. The Morgan fingerprint density at radius 1 is 0.923 bits per heavy atom. The number of esters is 1. The fraction of sp³-hybridized carbons (Fsp3) is 0.636. The van der Waals surface area contributed by atoms with E-state index in [9.17, 15) is 9.59 Å². The Kier molecular flexibility index (Phi) is 4.13. The molecule has 1 aromatic rings. The molecule has 4 aliphatic rings. The zero-order chi connectivity index (χ0) is 18.5. The minimum atomic E-state index is -0.522. The van der Waals surface area contributed by atoms with Gasteiger partial charge in [-0.3, -0.25) is 4.79 Å². The lowest BCUT2D eigenvalue weighted by Gasteiger charge is -2.56. The standard InChI is InChI=1S/C22H29NO3/c1-21(2,3)26-20(25)18-6-4-17(5-7-18)19(24)23-22-11-14-8-15(12-22)10-16(9-14)13-22/h4-7,14-16H,8-13H2,1-3H3,(H,23,24). The number of hydrogen-bond acceptors (Lipinski definition) is 3. The van der Waals surface area contributed by atoms with Crippen molar-refractivity contribution in [2.45, 2.75) is 70.4 Å². The summed E-state index contributed by atoms with van der Waals surface area (Å²) in [6.07, 6.45) is 7.50. The lowest BCUT2D eigenvalue weighted by Crippen LogP contribution is -2.59. The Morgan fingerprint density at radius 2 is 1.38 bits per heavy atom. The van der Waals surface area contributed by atoms with Crippen molar-refractivity contribution in [3.05, 3.63) is 35.4 Å². The van der Waals surface area contributed by atoms with Gasteiger partial charge in [0.15, 0.2) is 0 Å². The zero-order valence-electron chi connectivity index (χ0n) is 16.0. The van der Waals surface area contributed by atoms with Gasteiger partial charge in [0.1, 0.15) is 5.60 Å². The van der Waals surface area contributed by atoms with Crippen LogP contribution in [0, 0.1) is 17.8 Å². The second-order valence-electron chi connectivity index (χ2n) is 9.73. The highest BCUT2D eigenvalue weighted by molar-refractivity contribution is 5.96. The molecule has 140 valence electrons. The van der Waals surface area contributed by atoms with Gasteiger partial charge in [-0.2, -0.15) is 0 Å². The molecule has 0 spiro atoms. The molecule has 0 unspecified atom stereocenters. The van der Waals surface area contributed by atoms with Crippen molar-refractivity contribution >= 4 is 11.9 Å². The van der Waals surface area contributed by atoms with Crippen LogP contribution in [0.4, 0.5) is 0 Å². The molecule has 0 saturated heterocycles. The Bertz CT molecular complexity index is 679. The SMILES string of the molecule is CC(C)(C)OC(=O)c1ccc(C(=O)NC23CC4CC(CC(C4)C2)C3)cc1. The number of carbonyl (C=O) groups excluding carboxylic acids is 2. The Labute approximate surface area is 155 Å². The molecule has 5 rings (SSSR count). The van der Waals surface area contributed by atoms with Crippen LogP contribution in [0.1, 0.15) is 80.0 Å². The molecule has 1 amide bonds. The fourth-order valence-corrected chi connectivity index (χ4v) is 5.67. The molecule has 1 N–H and O–H groups in total. The van der Waals surface area contributed by atoms with E-state index in [4.69, 9.17) is 4.74 Å². The average molecular weight is 355 g/mol. The summed E-state index contributed by atoms with van der Waals surface area (Å²) < 4.78 is 5.38. The van der Waals surface area contributed by atoms with Crippen molar-refractivity contribution in [2.24, 2.45) is 17.8 Å². The summed E-state index contributed by atoms with van der Waals surface area (Å²) in [5.74, 6) is 2.04. The lowest BCUT2D eigenvalue weighted by atomic mass is 9.53. The van der Waals surface area contributed by atoms with Gasteiger partial charge < -0.3 is 10.1 Å². The number of nitrogens with one attached hydrogen (secondary N) is 1. The summed E-state index contributed by atoms with van der Waals surface area (Å²) in [5, 5.41) is 3.37. The summed E-state index contributed by atoms with van der Waals surface area (Å²) in [6, 6.07) is 6.83. The first kappa shape index (κ1) is 17.6. The van der Waals surface area contributed by atoms with E-state index in [1.165, 1.54) is 19.3 Å². The average Bonchev–Trinajstić information content (AvgIpc) is 2.51. The molecule has 0 aromatic heterocycles. The zero-order valence-corrected chi connectivity index (χ0v) is 16.0. The largest absolute Gasteiger partial charge is 0.456 e. The minimum absolute atomic E-state index is 0.00959. The van der Waals surface area contributed by atoms with Gasteiger partial charge in [0.05, 0.1) is 5.56 Å². The van der Waals surface area contributed by atoms with Crippen LogP contribution in [0.15, 0.2) is 24.3 Å². The van der Waals surface area contributed by atoms with E-state index in [1.807, 2.05) is 20.8 Å². The van der Waals surface area contributed by atoms with E-state index in [0.717, 1.165) is 37.0 Å². The van der Waals surface area contributed by atoms with E-state index >= 15 is 0 Å². The van der Waals surface area contributed by atoms with Gasteiger partial charge in [-0.25, -0.2) is 4.79 Å². The number of carbonyl (C=O) groups is 2. The third-order valence-electron chi connectivity index (χ3n) is 6.20. The maximum absolute atomic E-state index is 12.8. The maximum Gasteiger partial charge on any atom is 0.338 e. The molecule has 4 nitrogen and oxygen atoms in total. The first-order valence-electron chi connectivity index (χ1n) is 9.87. The number of amides is 1. The molecule has 4 heteroatoms. The van der Waals surface area contributed by atoms with E-state index in [0.29, 0.717) is 11.1 Å². The van der Waals surface area contributed by atoms with Crippen LogP contribution >= 0.6 is 0 Å². The summed E-state index contributed by atoms with van der Waals surface area (Å²) >= 11 is 0. The van der Waals surface area contributed by atoms with Crippen LogP contribution in [0.25, 0.3) is 0 Å². The molecule has 4 bridgehead atoms. The summed E-state index contributed by atoms with van der Waals surface area (Å²) in [6.45, 7) is 5.54. The topological polar surface area (TPSA) is 55.4 Å². The van der Waals surface area contributed by atoms with Crippen LogP contribution < -0.4 is 5.32 Å². The van der Waals surface area contributed by atoms with E-state index < -0.39 is 5.60 Å². The molecular formula is C22H29NO3. The minimum Gasteiger partial charge on any atom is -0.456 e. The summed E-state index contributed by atoms with van der Waals surface area (Å²) in [4.78, 5) is 24.9. The highest BCUT2D eigenvalue weighted by Crippen LogP contribution is 2.55. The molecular weight excluding hydrogens is 326 g/mol. The molecule has 0 radical (unpaired) electrons. The number of rotatable bonds is 3. The molecule has 4 fully saturated rings. The summed E-state index contributed by atoms with van der Waals surface area (Å²) in [7, 11) is 0. The van der Waals surface area contributed by atoms with Crippen LogP contribution in [-0.2, 0) is 4.74 Å². The second-order valence-corrected chi connectivity index (χ2v) is 9.73. The second kappa shape index (κ2) is 6.11. The van der Waals surface area contributed by atoms with Crippen LogP contribution in [0.3, 0.4) is 0 Å². The molecule has 0 atom stereocenters.